The fourth-order valence-electron chi connectivity index (χ4n) is 1.61. The molecule has 0 heterocycles. The number of thioether (sulfide) groups is 1. The maximum absolute atomic E-state index is 11.7. The quantitative estimate of drug-likeness (QED) is 0.722. The summed E-state index contributed by atoms with van der Waals surface area (Å²) in [6, 6.07) is 6.79. The van der Waals surface area contributed by atoms with Gasteiger partial charge in [-0.05, 0) is 44.4 Å². The largest absolute Gasteiger partial charge is 0.494 e. The number of urea groups is 1. The smallest absolute Gasteiger partial charge is 0.319 e. The van der Waals surface area contributed by atoms with Crippen LogP contribution in [-0.4, -0.2) is 41.9 Å². The molecule has 2 amide bonds. The molecule has 6 heteroatoms. The van der Waals surface area contributed by atoms with E-state index in [0.29, 0.717) is 18.0 Å². The van der Waals surface area contributed by atoms with Crippen LogP contribution in [0.5, 0.6) is 5.75 Å². The molecule has 20 heavy (non-hydrogen) atoms. The molecule has 112 valence electrons. The van der Waals surface area contributed by atoms with Crippen LogP contribution in [0.25, 0.3) is 0 Å². The van der Waals surface area contributed by atoms with E-state index >= 15 is 0 Å². The van der Waals surface area contributed by atoms with Crippen molar-refractivity contribution in [3.63, 3.8) is 0 Å². The molecular formula is C14H22N2O3S. The van der Waals surface area contributed by atoms with Crippen molar-refractivity contribution in [2.45, 2.75) is 19.4 Å². The number of benzene rings is 1. The van der Waals surface area contributed by atoms with Crippen molar-refractivity contribution in [2.24, 2.45) is 0 Å². The van der Waals surface area contributed by atoms with E-state index in [4.69, 9.17) is 4.74 Å². The summed E-state index contributed by atoms with van der Waals surface area (Å²) < 4.78 is 5.32. The highest BCUT2D eigenvalue weighted by atomic mass is 32.2. The number of carbonyl (C=O) groups excluding carboxylic acids is 1. The van der Waals surface area contributed by atoms with Gasteiger partial charge < -0.3 is 20.5 Å². The lowest BCUT2D eigenvalue weighted by atomic mass is 10.1. The first-order valence-corrected chi connectivity index (χ1v) is 7.85. The van der Waals surface area contributed by atoms with Crippen LogP contribution in [-0.2, 0) is 0 Å². The maximum Gasteiger partial charge on any atom is 0.319 e. The van der Waals surface area contributed by atoms with Crippen molar-refractivity contribution in [3.05, 3.63) is 24.3 Å². The average Bonchev–Trinajstić information content (AvgIpc) is 2.39. The zero-order valence-corrected chi connectivity index (χ0v) is 12.9. The molecule has 0 aromatic heterocycles. The summed E-state index contributed by atoms with van der Waals surface area (Å²) in [5.41, 5.74) is -0.231. The van der Waals surface area contributed by atoms with Gasteiger partial charge in [0.1, 0.15) is 5.75 Å². The second-order valence-electron chi connectivity index (χ2n) is 4.70. The third-order valence-corrected chi connectivity index (χ3v) is 3.42. The highest BCUT2D eigenvalue weighted by Crippen LogP contribution is 2.15. The Morgan fingerprint density at radius 1 is 1.40 bits per heavy atom. The number of hydrogen-bond acceptors (Lipinski definition) is 4. The van der Waals surface area contributed by atoms with Crippen LogP contribution in [0.3, 0.4) is 0 Å². The lowest BCUT2D eigenvalue weighted by molar-refractivity contribution is 0.0876. The first-order chi connectivity index (χ1) is 9.46. The molecule has 0 saturated heterocycles. The molecule has 0 fully saturated rings. The van der Waals surface area contributed by atoms with Crippen LogP contribution in [0.1, 0.15) is 13.8 Å². The number of nitrogens with one attached hydrogen (secondary N) is 2. The average molecular weight is 298 g/mol. The topological polar surface area (TPSA) is 70.6 Å². The molecule has 1 aromatic carbocycles. The molecular weight excluding hydrogens is 276 g/mol. The van der Waals surface area contributed by atoms with Crippen LogP contribution >= 0.6 is 11.8 Å². The van der Waals surface area contributed by atoms with E-state index in [1.165, 1.54) is 11.8 Å². The Labute approximate surface area is 124 Å². The molecule has 0 saturated carbocycles. The summed E-state index contributed by atoms with van der Waals surface area (Å²) in [6.07, 6.45) is 1.91. The predicted octanol–water partition coefficient (Wildman–Crippen LogP) is 2.32. The molecule has 0 aliphatic rings. The van der Waals surface area contributed by atoms with E-state index < -0.39 is 5.60 Å². The fraction of sp³-hybridized carbons (Fsp3) is 0.500. The molecule has 1 rings (SSSR count). The molecule has 1 aromatic rings. The molecule has 0 unspecified atom stereocenters. The molecule has 0 aliphatic carbocycles. The molecule has 5 nitrogen and oxygen atoms in total. The fourth-order valence-corrected chi connectivity index (χ4v) is 2.33. The van der Waals surface area contributed by atoms with E-state index in [9.17, 15) is 9.90 Å². The number of hydrogen-bond donors (Lipinski definition) is 3. The maximum atomic E-state index is 11.7. The number of anilines is 1. The Bertz CT molecular complexity index is 421. The highest BCUT2D eigenvalue weighted by molar-refractivity contribution is 7.98. The minimum Gasteiger partial charge on any atom is -0.494 e. The predicted molar refractivity (Wildman–Crippen MR) is 83.6 cm³/mol. The number of rotatable bonds is 7. The van der Waals surface area contributed by atoms with Gasteiger partial charge in [0.05, 0.1) is 12.2 Å². The third-order valence-electron chi connectivity index (χ3n) is 2.51. The molecule has 0 bridgehead atoms. The zero-order valence-electron chi connectivity index (χ0n) is 12.1. The second kappa shape index (κ2) is 8.01. The van der Waals surface area contributed by atoms with Gasteiger partial charge in [0, 0.05) is 18.0 Å². The first kappa shape index (κ1) is 16.7. The number of ether oxygens (including phenoxy) is 1. The Morgan fingerprint density at radius 2 is 2.05 bits per heavy atom. The van der Waals surface area contributed by atoms with Crippen molar-refractivity contribution in [1.82, 2.24) is 5.32 Å². The van der Waals surface area contributed by atoms with E-state index in [1.54, 1.807) is 31.2 Å². The van der Waals surface area contributed by atoms with Crippen LogP contribution in [0.2, 0.25) is 0 Å². The van der Waals surface area contributed by atoms with Gasteiger partial charge >= 0.3 is 6.03 Å². The standard InChI is InChI=1S/C14H22N2O3S/c1-4-19-12-7-5-11(6-8-12)16-13(17)15-9-14(2,18)10-20-3/h5-8,18H,4,9-10H2,1-3H3,(H2,15,16,17)/t14-/m0/s1. The Balaban J connectivity index is 2.42. The van der Waals surface area contributed by atoms with Crippen molar-refractivity contribution < 1.29 is 14.6 Å². The molecule has 0 radical (unpaired) electrons. The lowest BCUT2D eigenvalue weighted by Crippen LogP contribution is -2.43. The van der Waals surface area contributed by atoms with Gasteiger partial charge in [-0.3, -0.25) is 0 Å². The zero-order chi connectivity index (χ0) is 15.0. The summed E-state index contributed by atoms with van der Waals surface area (Å²) in [5, 5.41) is 15.3. The van der Waals surface area contributed by atoms with Gasteiger partial charge in [-0.15, -0.1) is 0 Å². The summed E-state index contributed by atoms with van der Waals surface area (Å²) in [4.78, 5) is 11.7. The Kier molecular flexibility index (Phi) is 6.67. The minimum absolute atomic E-state index is 0.205. The number of carbonyl (C=O) groups is 1. The van der Waals surface area contributed by atoms with Crippen molar-refractivity contribution in [1.29, 1.82) is 0 Å². The normalized spacial score (nSPS) is 13.4. The molecule has 3 N–H and O–H groups in total. The lowest BCUT2D eigenvalue weighted by Gasteiger charge is -2.22. The third kappa shape index (κ3) is 6.16. The van der Waals surface area contributed by atoms with Crippen molar-refractivity contribution in [2.75, 3.05) is 30.5 Å². The van der Waals surface area contributed by atoms with Gasteiger partial charge in [-0.2, -0.15) is 11.8 Å². The molecule has 1 atom stereocenters. The van der Waals surface area contributed by atoms with Crippen molar-refractivity contribution in [3.8, 4) is 5.75 Å². The van der Waals surface area contributed by atoms with Crippen LogP contribution in [0.15, 0.2) is 24.3 Å². The van der Waals surface area contributed by atoms with Gasteiger partial charge in [0.2, 0.25) is 0 Å². The van der Waals surface area contributed by atoms with E-state index in [1.807, 2.05) is 13.2 Å². The van der Waals surface area contributed by atoms with Gasteiger partial charge in [0.15, 0.2) is 0 Å². The Hall–Kier alpha value is -1.40. The van der Waals surface area contributed by atoms with E-state index in [-0.39, 0.29) is 12.6 Å². The van der Waals surface area contributed by atoms with Crippen LogP contribution in [0, 0.1) is 0 Å². The number of amides is 2. The Morgan fingerprint density at radius 3 is 2.60 bits per heavy atom. The summed E-state index contributed by atoms with van der Waals surface area (Å²) in [5.74, 6) is 1.33. The van der Waals surface area contributed by atoms with Gasteiger partial charge in [-0.25, -0.2) is 4.79 Å². The summed E-state index contributed by atoms with van der Waals surface area (Å²) >= 11 is 1.53. The monoisotopic (exact) mass is 298 g/mol. The minimum atomic E-state index is -0.907. The van der Waals surface area contributed by atoms with Crippen LogP contribution < -0.4 is 15.4 Å². The van der Waals surface area contributed by atoms with Gasteiger partial charge in [-0.1, -0.05) is 0 Å². The first-order valence-electron chi connectivity index (χ1n) is 6.46. The van der Waals surface area contributed by atoms with E-state index in [2.05, 4.69) is 10.6 Å². The summed E-state index contributed by atoms with van der Waals surface area (Å²) in [7, 11) is 0. The van der Waals surface area contributed by atoms with Crippen molar-refractivity contribution >= 4 is 23.5 Å². The second-order valence-corrected chi connectivity index (χ2v) is 5.56. The number of aliphatic hydroxyl groups is 1. The van der Waals surface area contributed by atoms with Crippen LogP contribution in [0.4, 0.5) is 10.5 Å². The molecule has 0 aliphatic heterocycles. The van der Waals surface area contributed by atoms with Gasteiger partial charge in [0.25, 0.3) is 0 Å². The van der Waals surface area contributed by atoms with E-state index in [0.717, 1.165) is 5.75 Å². The molecule has 0 spiro atoms. The summed E-state index contributed by atoms with van der Waals surface area (Å²) in [6.45, 7) is 4.43. The highest BCUT2D eigenvalue weighted by Gasteiger charge is 2.20. The SMILES string of the molecule is CCOc1ccc(NC(=O)NC[C@](C)(O)CSC)cc1.